The van der Waals surface area contributed by atoms with Crippen LogP contribution in [0.1, 0.15) is 41.0 Å². The molecule has 0 aliphatic carbocycles. The third kappa shape index (κ3) is 4.98. The zero-order valence-electron chi connectivity index (χ0n) is 11.3. The highest BCUT2D eigenvalue weighted by molar-refractivity contribution is 8.13. The van der Waals surface area contributed by atoms with Gasteiger partial charge in [-0.3, -0.25) is 4.79 Å². The van der Waals surface area contributed by atoms with E-state index in [4.69, 9.17) is 0 Å². The average Bonchev–Trinajstić information content (AvgIpc) is 2.14. The number of carbonyl (C=O) groups is 1. The second kappa shape index (κ2) is 5.76. The van der Waals surface area contributed by atoms with Crippen LogP contribution in [0.3, 0.4) is 0 Å². The molecule has 1 unspecified atom stereocenters. The maximum atomic E-state index is 11.7. The summed E-state index contributed by atoms with van der Waals surface area (Å²) in [5.74, 6) is 1.04. The van der Waals surface area contributed by atoms with Crippen LogP contribution in [0.2, 0.25) is 0 Å². The topological polar surface area (TPSA) is 53.5 Å². The van der Waals surface area contributed by atoms with Crippen molar-refractivity contribution in [2.45, 2.75) is 58.7 Å². The van der Waals surface area contributed by atoms with Gasteiger partial charge >= 0.3 is 0 Å². The van der Waals surface area contributed by atoms with Gasteiger partial charge in [0.1, 0.15) is 6.04 Å². The van der Waals surface area contributed by atoms with Crippen LogP contribution in [-0.4, -0.2) is 34.5 Å². The van der Waals surface area contributed by atoms with Crippen molar-refractivity contribution in [2.24, 2.45) is 4.99 Å². The highest BCUT2D eigenvalue weighted by Gasteiger charge is 2.25. The van der Waals surface area contributed by atoms with Crippen molar-refractivity contribution < 1.29 is 4.79 Å². The molecule has 1 amide bonds. The zero-order chi connectivity index (χ0) is 13.1. The van der Waals surface area contributed by atoms with Crippen LogP contribution in [0, 0.1) is 0 Å². The first kappa shape index (κ1) is 14.4. The van der Waals surface area contributed by atoms with Crippen LogP contribution < -0.4 is 10.6 Å². The molecule has 1 rings (SSSR count). The molecule has 2 N–H and O–H groups in total. The summed E-state index contributed by atoms with van der Waals surface area (Å²) >= 11 is 1.69. The van der Waals surface area contributed by atoms with Crippen LogP contribution in [0.4, 0.5) is 0 Å². The van der Waals surface area contributed by atoms with E-state index in [-0.39, 0.29) is 23.5 Å². The lowest BCUT2D eigenvalue weighted by molar-refractivity contribution is -0.122. The third-order valence-corrected chi connectivity index (χ3v) is 3.42. The van der Waals surface area contributed by atoms with E-state index < -0.39 is 0 Å². The molecule has 0 spiro atoms. The minimum Gasteiger partial charge on any atom is -0.360 e. The molecule has 98 valence electrons. The van der Waals surface area contributed by atoms with Crippen LogP contribution in [0.15, 0.2) is 4.99 Å². The first-order valence-electron chi connectivity index (χ1n) is 6.09. The standard InChI is InChI=1S/C12H23N3OS/c1-8(2)13-10(16)9(3)14-11-15-12(4,5)6-7-17-11/h8-9H,6-7H2,1-5H3,(H,13,16)(H,14,15). The van der Waals surface area contributed by atoms with E-state index in [1.54, 1.807) is 11.8 Å². The molecule has 1 fully saturated rings. The predicted molar refractivity (Wildman–Crippen MR) is 74.5 cm³/mol. The molecule has 17 heavy (non-hydrogen) atoms. The molecule has 1 atom stereocenters. The van der Waals surface area contributed by atoms with Crippen molar-refractivity contribution in [3.05, 3.63) is 0 Å². The number of hydrogen-bond acceptors (Lipinski definition) is 3. The molecule has 1 heterocycles. The quantitative estimate of drug-likeness (QED) is 0.810. The van der Waals surface area contributed by atoms with E-state index >= 15 is 0 Å². The van der Waals surface area contributed by atoms with Gasteiger partial charge in [0.2, 0.25) is 5.91 Å². The average molecular weight is 257 g/mol. The lowest BCUT2D eigenvalue weighted by Crippen LogP contribution is -2.47. The van der Waals surface area contributed by atoms with Crippen LogP contribution >= 0.6 is 11.8 Å². The maximum absolute atomic E-state index is 11.7. The van der Waals surface area contributed by atoms with Gasteiger partial charge in [-0.25, -0.2) is 4.99 Å². The molecule has 0 bridgehead atoms. The lowest BCUT2D eigenvalue weighted by Gasteiger charge is -2.32. The van der Waals surface area contributed by atoms with Crippen molar-refractivity contribution in [2.75, 3.05) is 5.75 Å². The molecule has 1 saturated heterocycles. The number of rotatable bonds is 3. The summed E-state index contributed by atoms with van der Waals surface area (Å²) < 4.78 is 0. The largest absolute Gasteiger partial charge is 0.360 e. The van der Waals surface area contributed by atoms with Gasteiger partial charge in [-0.1, -0.05) is 11.8 Å². The van der Waals surface area contributed by atoms with Gasteiger partial charge in [0.05, 0.1) is 0 Å². The molecule has 0 aromatic carbocycles. The Labute approximate surface area is 108 Å². The Bertz CT molecular complexity index is 313. The number of nitrogens with zero attached hydrogens (tertiary/aromatic N) is 1. The van der Waals surface area contributed by atoms with Gasteiger partial charge in [-0.2, -0.15) is 0 Å². The van der Waals surface area contributed by atoms with Crippen LogP contribution in [0.25, 0.3) is 0 Å². The molecule has 1 aliphatic rings. The molecule has 0 radical (unpaired) electrons. The maximum Gasteiger partial charge on any atom is 0.244 e. The second-order valence-corrected chi connectivity index (χ2v) is 6.46. The number of thioether (sulfide) groups is 1. The molecule has 0 aromatic heterocycles. The summed E-state index contributed by atoms with van der Waals surface area (Å²) in [5.41, 5.74) is 0.0817. The number of hydrogen-bond donors (Lipinski definition) is 2. The highest BCUT2D eigenvalue weighted by atomic mass is 32.2. The van der Waals surface area contributed by atoms with Crippen LogP contribution in [0.5, 0.6) is 0 Å². The number of amides is 1. The van der Waals surface area contributed by atoms with E-state index in [0.29, 0.717) is 0 Å². The van der Waals surface area contributed by atoms with Crippen molar-refractivity contribution in [3.63, 3.8) is 0 Å². The third-order valence-electron chi connectivity index (χ3n) is 2.53. The molecular formula is C12H23N3OS. The minimum atomic E-state index is -0.332. The molecule has 5 heteroatoms. The predicted octanol–water partition coefficient (Wildman–Crippen LogP) is 1.76. The van der Waals surface area contributed by atoms with Crippen molar-refractivity contribution in [1.29, 1.82) is 0 Å². The van der Waals surface area contributed by atoms with E-state index in [0.717, 1.165) is 17.3 Å². The van der Waals surface area contributed by atoms with Crippen LogP contribution in [-0.2, 0) is 4.79 Å². The van der Waals surface area contributed by atoms with E-state index in [1.165, 1.54) is 0 Å². The van der Waals surface area contributed by atoms with Gasteiger partial charge < -0.3 is 10.6 Å². The number of amidine groups is 1. The molecule has 4 nitrogen and oxygen atoms in total. The van der Waals surface area contributed by atoms with Crippen molar-refractivity contribution >= 4 is 22.8 Å². The van der Waals surface area contributed by atoms with E-state index in [2.05, 4.69) is 29.5 Å². The Hall–Kier alpha value is -0.710. The molecule has 0 saturated carbocycles. The number of carbonyl (C=O) groups excluding carboxylic acids is 1. The van der Waals surface area contributed by atoms with Gasteiger partial charge in [0.15, 0.2) is 5.17 Å². The first-order chi connectivity index (χ1) is 7.80. The summed E-state index contributed by atoms with van der Waals surface area (Å²) in [6, 6.07) is -0.171. The Morgan fingerprint density at radius 1 is 1.47 bits per heavy atom. The molecule has 1 aliphatic heterocycles. The Morgan fingerprint density at radius 2 is 2.12 bits per heavy atom. The SMILES string of the molecule is CC(C)NC(=O)C(C)N=C1NC(C)(C)CCS1. The normalized spacial score (nSPS) is 23.3. The van der Waals surface area contributed by atoms with Gasteiger partial charge in [0, 0.05) is 17.3 Å². The minimum absolute atomic E-state index is 0.0155. The Morgan fingerprint density at radius 3 is 2.65 bits per heavy atom. The summed E-state index contributed by atoms with van der Waals surface area (Å²) in [5, 5.41) is 7.12. The summed E-state index contributed by atoms with van der Waals surface area (Å²) in [7, 11) is 0. The fraction of sp³-hybridized carbons (Fsp3) is 0.833. The first-order valence-corrected chi connectivity index (χ1v) is 7.08. The number of nitrogens with one attached hydrogen (secondary N) is 2. The molecule has 0 aromatic rings. The Kier molecular flexibility index (Phi) is 4.86. The van der Waals surface area contributed by atoms with Crippen molar-refractivity contribution in [1.82, 2.24) is 10.6 Å². The number of aliphatic imine (C=N–C) groups is 1. The highest BCUT2D eigenvalue weighted by Crippen LogP contribution is 2.21. The summed E-state index contributed by atoms with van der Waals surface area (Å²) in [6.45, 7) is 10.0. The second-order valence-electron chi connectivity index (χ2n) is 5.38. The summed E-state index contributed by atoms with van der Waals surface area (Å²) in [4.78, 5) is 16.2. The fourth-order valence-corrected chi connectivity index (χ4v) is 2.89. The molecular weight excluding hydrogens is 234 g/mol. The summed E-state index contributed by atoms with van der Waals surface area (Å²) in [6.07, 6.45) is 1.11. The van der Waals surface area contributed by atoms with Gasteiger partial charge in [0.25, 0.3) is 0 Å². The smallest absolute Gasteiger partial charge is 0.244 e. The van der Waals surface area contributed by atoms with Gasteiger partial charge in [-0.05, 0) is 41.0 Å². The van der Waals surface area contributed by atoms with E-state index in [1.807, 2.05) is 20.8 Å². The lowest BCUT2D eigenvalue weighted by atomic mass is 10.0. The zero-order valence-corrected chi connectivity index (χ0v) is 12.1. The fourth-order valence-electron chi connectivity index (χ4n) is 1.50. The monoisotopic (exact) mass is 257 g/mol. The Balaban J connectivity index is 2.59. The van der Waals surface area contributed by atoms with Gasteiger partial charge in [-0.15, -0.1) is 0 Å². The van der Waals surface area contributed by atoms with E-state index in [9.17, 15) is 4.79 Å². The van der Waals surface area contributed by atoms with Crippen molar-refractivity contribution in [3.8, 4) is 0 Å².